The van der Waals surface area contributed by atoms with Crippen molar-refractivity contribution in [1.82, 2.24) is 4.90 Å². The van der Waals surface area contributed by atoms with Crippen LogP contribution in [-0.4, -0.2) is 50.9 Å². The number of aryl methyl sites for hydroxylation is 1. The van der Waals surface area contributed by atoms with E-state index >= 15 is 0 Å². The zero-order chi connectivity index (χ0) is 22.7. The number of fused-ring (bicyclic) bond motifs is 1. The quantitative estimate of drug-likeness (QED) is 0.644. The molecule has 2 aromatic carbocycles. The number of hydrogen-bond donors (Lipinski definition) is 0. The van der Waals surface area contributed by atoms with Gasteiger partial charge in [-0.25, -0.2) is 13.2 Å². The Balaban J connectivity index is 1.43. The lowest BCUT2D eigenvalue weighted by Crippen LogP contribution is -2.44. The fourth-order valence-electron chi connectivity index (χ4n) is 4.40. The Labute approximate surface area is 189 Å². The van der Waals surface area contributed by atoms with E-state index in [0.29, 0.717) is 18.8 Å². The van der Waals surface area contributed by atoms with E-state index in [4.69, 9.17) is 4.74 Å². The maximum absolute atomic E-state index is 13.2. The SMILES string of the molecule is CC1CCCCN1C(=O)COC(=O)c1ccc(S(=O)(=O)N2CCCc3ccccc32)cc1. The van der Waals surface area contributed by atoms with Gasteiger partial charge in [-0.2, -0.15) is 0 Å². The van der Waals surface area contributed by atoms with Gasteiger partial charge in [-0.15, -0.1) is 0 Å². The van der Waals surface area contributed by atoms with Crippen molar-refractivity contribution < 1.29 is 22.7 Å². The highest BCUT2D eigenvalue weighted by Crippen LogP contribution is 2.31. The topological polar surface area (TPSA) is 84.0 Å². The normalized spacial score (nSPS) is 18.7. The number of hydrogen-bond acceptors (Lipinski definition) is 5. The molecule has 1 amide bonds. The third-order valence-electron chi connectivity index (χ3n) is 6.20. The zero-order valence-electron chi connectivity index (χ0n) is 18.2. The lowest BCUT2D eigenvalue weighted by molar-refractivity contribution is -0.137. The number of amides is 1. The van der Waals surface area contributed by atoms with Crippen molar-refractivity contribution in [3.63, 3.8) is 0 Å². The summed E-state index contributed by atoms with van der Waals surface area (Å²) in [6.45, 7) is 2.79. The molecular formula is C24H28N2O5S. The molecule has 7 nitrogen and oxygen atoms in total. The van der Waals surface area contributed by atoms with E-state index in [1.165, 1.54) is 28.6 Å². The van der Waals surface area contributed by atoms with Crippen LogP contribution in [-0.2, 0) is 26.0 Å². The van der Waals surface area contributed by atoms with Gasteiger partial charge in [0.2, 0.25) is 0 Å². The zero-order valence-corrected chi connectivity index (χ0v) is 19.0. The first-order valence-electron chi connectivity index (χ1n) is 11.1. The molecule has 2 aromatic rings. The first-order chi connectivity index (χ1) is 15.4. The molecule has 0 bridgehead atoms. The number of piperidine rings is 1. The van der Waals surface area contributed by atoms with E-state index in [1.807, 2.05) is 31.2 Å². The molecule has 1 fully saturated rings. The monoisotopic (exact) mass is 456 g/mol. The second kappa shape index (κ2) is 9.32. The van der Waals surface area contributed by atoms with Gasteiger partial charge < -0.3 is 9.64 Å². The van der Waals surface area contributed by atoms with Crippen molar-refractivity contribution in [2.45, 2.75) is 50.0 Å². The van der Waals surface area contributed by atoms with Crippen LogP contribution in [0.4, 0.5) is 5.69 Å². The average Bonchev–Trinajstić information content (AvgIpc) is 2.82. The summed E-state index contributed by atoms with van der Waals surface area (Å²) in [5.74, 6) is -0.844. The van der Waals surface area contributed by atoms with Crippen LogP contribution in [0, 0.1) is 0 Å². The molecular weight excluding hydrogens is 428 g/mol. The molecule has 8 heteroatoms. The van der Waals surface area contributed by atoms with Crippen molar-refractivity contribution in [1.29, 1.82) is 0 Å². The van der Waals surface area contributed by atoms with Gasteiger partial charge in [0.05, 0.1) is 16.1 Å². The molecule has 0 radical (unpaired) electrons. The van der Waals surface area contributed by atoms with Gasteiger partial charge in [0.25, 0.3) is 15.9 Å². The van der Waals surface area contributed by atoms with Crippen LogP contribution in [0.3, 0.4) is 0 Å². The van der Waals surface area contributed by atoms with E-state index in [2.05, 4.69) is 0 Å². The van der Waals surface area contributed by atoms with Crippen molar-refractivity contribution in [2.75, 3.05) is 24.0 Å². The molecule has 0 aliphatic carbocycles. The number of carbonyl (C=O) groups is 2. The molecule has 1 unspecified atom stereocenters. The molecule has 1 saturated heterocycles. The number of likely N-dealkylation sites (tertiary alicyclic amines) is 1. The predicted molar refractivity (Wildman–Crippen MR) is 121 cm³/mol. The van der Waals surface area contributed by atoms with Gasteiger partial charge in [-0.3, -0.25) is 9.10 Å². The van der Waals surface area contributed by atoms with Gasteiger partial charge >= 0.3 is 5.97 Å². The van der Waals surface area contributed by atoms with Crippen LogP contribution >= 0.6 is 0 Å². The highest BCUT2D eigenvalue weighted by Gasteiger charge is 2.29. The number of sulfonamides is 1. The summed E-state index contributed by atoms with van der Waals surface area (Å²) in [6, 6.07) is 13.3. The number of benzene rings is 2. The van der Waals surface area contributed by atoms with E-state index in [0.717, 1.165) is 37.7 Å². The molecule has 4 rings (SSSR count). The molecule has 2 heterocycles. The van der Waals surface area contributed by atoms with Crippen molar-refractivity contribution >= 4 is 27.6 Å². The van der Waals surface area contributed by atoms with Gasteiger partial charge in [0.15, 0.2) is 6.61 Å². The van der Waals surface area contributed by atoms with Crippen LogP contribution in [0.25, 0.3) is 0 Å². The molecule has 0 spiro atoms. The number of esters is 1. The smallest absolute Gasteiger partial charge is 0.338 e. The van der Waals surface area contributed by atoms with Crippen LogP contribution in [0.5, 0.6) is 0 Å². The Kier molecular flexibility index (Phi) is 6.50. The molecule has 0 aromatic heterocycles. The first-order valence-corrected chi connectivity index (χ1v) is 12.5. The minimum absolute atomic E-state index is 0.115. The summed E-state index contributed by atoms with van der Waals surface area (Å²) in [7, 11) is -3.74. The minimum Gasteiger partial charge on any atom is -0.452 e. The number of rotatable bonds is 5. The van der Waals surface area contributed by atoms with E-state index < -0.39 is 16.0 Å². The highest BCUT2D eigenvalue weighted by atomic mass is 32.2. The summed E-state index contributed by atoms with van der Waals surface area (Å²) in [5.41, 5.74) is 1.92. The minimum atomic E-state index is -3.74. The first kappa shape index (κ1) is 22.3. The molecule has 1 atom stereocenters. The number of carbonyl (C=O) groups excluding carboxylic acids is 2. The lowest BCUT2D eigenvalue weighted by atomic mass is 10.0. The standard InChI is InChI=1S/C24H28N2O5S/c1-18-7-4-5-15-25(18)23(27)17-31-24(28)20-11-13-21(14-12-20)32(29,30)26-16-6-9-19-8-2-3-10-22(19)26/h2-3,8,10-14,18H,4-7,9,15-17H2,1H3. The van der Waals surface area contributed by atoms with Gasteiger partial charge in [0.1, 0.15) is 0 Å². The Morgan fingerprint density at radius 2 is 1.75 bits per heavy atom. The Bertz CT molecular complexity index is 1100. The largest absolute Gasteiger partial charge is 0.452 e. The Morgan fingerprint density at radius 3 is 2.50 bits per heavy atom. The van der Waals surface area contributed by atoms with Crippen molar-refractivity contribution in [3.05, 3.63) is 59.7 Å². The summed E-state index contributed by atoms with van der Waals surface area (Å²) in [5, 5.41) is 0. The average molecular weight is 457 g/mol. The van der Waals surface area contributed by atoms with E-state index in [9.17, 15) is 18.0 Å². The van der Waals surface area contributed by atoms with Gasteiger partial charge in [-0.05, 0) is 74.9 Å². The van der Waals surface area contributed by atoms with Gasteiger partial charge in [-0.1, -0.05) is 18.2 Å². The maximum Gasteiger partial charge on any atom is 0.338 e. The van der Waals surface area contributed by atoms with Crippen LogP contribution in [0.1, 0.15) is 48.5 Å². The molecule has 2 aliphatic heterocycles. The van der Waals surface area contributed by atoms with Crippen molar-refractivity contribution in [2.24, 2.45) is 0 Å². The number of ether oxygens (including phenoxy) is 1. The fourth-order valence-corrected chi connectivity index (χ4v) is 5.94. The van der Waals surface area contributed by atoms with E-state index in [-0.39, 0.29) is 29.0 Å². The number of nitrogens with zero attached hydrogens (tertiary/aromatic N) is 2. The third kappa shape index (κ3) is 4.50. The predicted octanol–water partition coefficient (Wildman–Crippen LogP) is 3.39. The summed E-state index contributed by atoms with van der Waals surface area (Å²) < 4.78 is 33.0. The highest BCUT2D eigenvalue weighted by molar-refractivity contribution is 7.92. The Morgan fingerprint density at radius 1 is 1.00 bits per heavy atom. The second-order valence-corrected chi connectivity index (χ2v) is 10.2. The lowest BCUT2D eigenvalue weighted by Gasteiger charge is -2.33. The van der Waals surface area contributed by atoms with Gasteiger partial charge in [0, 0.05) is 19.1 Å². The maximum atomic E-state index is 13.2. The van der Waals surface area contributed by atoms with Crippen LogP contribution in [0.2, 0.25) is 0 Å². The summed E-state index contributed by atoms with van der Waals surface area (Å²) in [6.07, 6.45) is 4.62. The molecule has 32 heavy (non-hydrogen) atoms. The summed E-state index contributed by atoms with van der Waals surface area (Å²) >= 11 is 0. The summed E-state index contributed by atoms with van der Waals surface area (Å²) in [4.78, 5) is 26.6. The Hall–Kier alpha value is -2.87. The molecule has 170 valence electrons. The molecule has 2 aliphatic rings. The van der Waals surface area contributed by atoms with Crippen molar-refractivity contribution in [3.8, 4) is 0 Å². The molecule has 0 saturated carbocycles. The number of anilines is 1. The van der Waals surface area contributed by atoms with Crippen LogP contribution < -0.4 is 4.31 Å². The fraction of sp³-hybridized carbons (Fsp3) is 0.417. The van der Waals surface area contributed by atoms with Crippen LogP contribution in [0.15, 0.2) is 53.4 Å². The molecule has 0 N–H and O–H groups in total. The third-order valence-corrected chi connectivity index (χ3v) is 8.02. The number of para-hydroxylation sites is 1. The second-order valence-electron chi connectivity index (χ2n) is 8.34. The van der Waals surface area contributed by atoms with E-state index in [1.54, 1.807) is 4.90 Å².